The molecule has 1 aromatic rings. The van der Waals surface area contributed by atoms with Gasteiger partial charge in [0.2, 0.25) is 0 Å². The SMILES string of the molecule is CCC(CC)C(=O)c1cccc(CP(=O)(O)O)c1O. The van der Waals surface area contributed by atoms with Gasteiger partial charge < -0.3 is 14.9 Å². The number of carbonyl (C=O) groups is 1. The lowest BCUT2D eigenvalue weighted by Crippen LogP contribution is -2.13. The van der Waals surface area contributed by atoms with E-state index in [2.05, 4.69) is 0 Å². The summed E-state index contributed by atoms with van der Waals surface area (Å²) in [5.41, 5.74) is 0.241. The maximum absolute atomic E-state index is 12.2. The van der Waals surface area contributed by atoms with Crippen molar-refractivity contribution in [1.82, 2.24) is 0 Å². The highest BCUT2D eigenvalue weighted by atomic mass is 31.2. The Labute approximate surface area is 112 Å². The molecule has 0 aromatic heterocycles. The Morgan fingerprint density at radius 2 is 1.84 bits per heavy atom. The zero-order chi connectivity index (χ0) is 14.6. The summed E-state index contributed by atoms with van der Waals surface area (Å²) in [7, 11) is -4.27. The van der Waals surface area contributed by atoms with Gasteiger partial charge in [-0.2, -0.15) is 0 Å². The maximum Gasteiger partial charge on any atom is 0.330 e. The van der Waals surface area contributed by atoms with Crippen molar-refractivity contribution in [3.05, 3.63) is 29.3 Å². The normalized spacial score (nSPS) is 11.8. The fourth-order valence-electron chi connectivity index (χ4n) is 2.02. The van der Waals surface area contributed by atoms with Crippen LogP contribution in [0.15, 0.2) is 18.2 Å². The fraction of sp³-hybridized carbons (Fsp3) is 0.462. The van der Waals surface area contributed by atoms with Gasteiger partial charge in [-0.05, 0) is 18.9 Å². The van der Waals surface area contributed by atoms with Crippen molar-refractivity contribution in [3.8, 4) is 5.75 Å². The number of phenolic OH excluding ortho intramolecular Hbond substituents is 1. The van der Waals surface area contributed by atoms with Crippen LogP contribution in [-0.4, -0.2) is 20.7 Å². The Hall–Kier alpha value is -1.16. The first-order valence-electron chi connectivity index (χ1n) is 6.19. The van der Waals surface area contributed by atoms with E-state index in [1.807, 2.05) is 13.8 Å². The van der Waals surface area contributed by atoms with Crippen molar-refractivity contribution in [2.24, 2.45) is 5.92 Å². The smallest absolute Gasteiger partial charge is 0.330 e. The number of ketones is 1. The molecule has 0 unspecified atom stereocenters. The zero-order valence-corrected chi connectivity index (χ0v) is 11.9. The number of rotatable bonds is 6. The monoisotopic (exact) mass is 286 g/mol. The topological polar surface area (TPSA) is 94.8 Å². The van der Waals surface area contributed by atoms with Gasteiger partial charge in [-0.3, -0.25) is 9.36 Å². The number of benzene rings is 1. The van der Waals surface area contributed by atoms with Gasteiger partial charge in [0, 0.05) is 11.5 Å². The number of hydrogen-bond acceptors (Lipinski definition) is 3. The summed E-state index contributed by atoms with van der Waals surface area (Å²) in [5, 5.41) is 10.00. The third kappa shape index (κ3) is 4.16. The van der Waals surface area contributed by atoms with Gasteiger partial charge in [0.1, 0.15) is 5.75 Å². The Morgan fingerprint density at radius 1 is 1.26 bits per heavy atom. The van der Waals surface area contributed by atoms with Crippen LogP contribution in [-0.2, 0) is 10.7 Å². The van der Waals surface area contributed by atoms with Crippen molar-refractivity contribution >= 4 is 13.4 Å². The molecule has 106 valence electrons. The summed E-state index contributed by atoms with van der Waals surface area (Å²) < 4.78 is 11.0. The molecule has 0 spiro atoms. The Kier molecular flexibility index (Phi) is 5.29. The van der Waals surface area contributed by atoms with E-state index in [4.69, 9.17) is 9.79 Å². The number of phenols is 1. The Balaban J connectivity index is 3.14. The van der Waals surface area contributed by atoms with Crippen LogP contribution in [0.4, 0.5) is 0 Å². The number of aromatic hydroxyl groups is 1. The predicted molar refractivity (Wildman–Crippen MR) is 72.3 cm³/mol. The van der Waals surface area contributed by atoms with E-state index in [0.717, 1.165) is 0 Å². The highest BCUT2D eigenvalue weighted by Gasteiger charge is 2.23. The van der Waals surface area contributed by atoms with Gasteiger partial charge in [-0.15, -0.1) is 0 Å². The molecular weight excluding hydrogens is 267 g/mol. The fourth-order valence-corrected chi connectivity index (χ4v) is 2.72. The average molecular weight is 286 g/mol. The van der Waals surface area contributed by atoms with Crippen LogP contribution in [0.1, 0.15) is 42.6 Å². The van der Waals surface area contributed by atoms with Crippen molar-refractivity contribution in [3.63, 3.8) is 0 Å². The van der Waals surface area contributed by atoms with Crippen molar-refractivity contribution in [1.29, 1.82) is 0 Å². The molecule has 3 N–H and O–H groups in total. The lowest BCUT2D eigenvalue weighted by atomic mass is 9.92. The molecule has 0 atom stereocenters. The predicted octanol–water partition coefficient (Wildman–Crippen LogP) is 2.69. The Bertz CT molecular complexity index is 502. The second-order valence-corrected chi connectivity index (χ2v) is 6.16. The highest BCUT2D eigenvalue weighted by molar-refractivity contribution is 7.50. The van der Waals surface area contributed by atoms with Crippen LogP contribution in [0, 0.1) is 5.92 Å². The molecule has 0 aliphatic rings. The molecule has 19 heavy (non-hydrogen) atoms. The van der Waals surface area contributed by atoms with Gasteiger partial charge in [-0.1, -0.05) is 26.0 Å². The lowest BCUT2D eigenvalue weighted by Gasteiger charge is -2.14. The van der Waals surface area contributed by atoms with Crippen LogP contribution in [0.3, 0.4) is 0 Å². The minimum atomic E-state index is -4.27. The first-order valence-corrected chi connectivity index (χ1v) is 7.99. The summed E-state index contributed by atoms with van der Waals surface area (Å²) in [5.74, 6) is -0.686. The van der Waals surface area contributed by atoms with Crippen LogP contribution in [0.2, 0.25) is 0 Å². The third-order valence-corrected chi connectivity index (χ3v) is 3.87. The summed E-state index contributed by atoms with van der Waals surface area (Å²) in [4.78, 5) is 30.1. The molecule has 0 fully saturated rings. The highest BCUT2D eigenvalue weighted by Crippen LogP contribution is 2.42. The standard InChI is InChI=1S/C13H19O5P/c1-3-9(4-2)12(14)11-7-5-6-10(13(11)15)8-19(16,17)18/h5-7,9,15H,3-4,8H2,1-2H3,(H2,16,17,18). The molecule has 0 bridgehead atoms. The number of carbonyl (C=O) groups excluding carboxylic acids is 1. The van der Waals surface area contributed by atoms with Gasteiger partial charge >= 0.3 is 7.60 Å². The second-order valence-electron chi connectivity index (χ2n) is 4.51. The molecule has 6 heteroatoms. The summed E-state index contributed by atoms with van der Waals surface area (Å²) >= 11 is 0. The molecule has 0 aliphatic heterocycles. The van der Waals surface area contributed by atoms with E-state index in [1.54, 1.807) is 0 Å². The first kappa shape index (κ1) is 15.9. The number of hydrogen-bond donors (Lipinski definition) is 3. The molecule has 0 saturated heterocycles. The minimum absolute atomic E-state index is 0.102. The maximum atomic E-state index is 12.2. The summed E-state index contributed by atoms with van der Waals surface area (Å²) in [6.45, 7) is 3.78. The van der Waals surface area contributed by atoms with Crippen LogP contribution in [0.5, 0.6) is 5.75 Å². The minimum Gasteiger partial charge on any atom is -0.507 e. The van der Waals surface area contributed by atoms with E-state index in [1.165, 1.54) is 18.2 Å². The van der Waals surface area contributed by atoms with E-state index in [0.29, 0.717) is 12.8 Å². The first-order chi connectivity index (χ1) is 8.80. The quantitative estimate of drug-likeness (QED) is 0.552. The third-order valence-electron chi connectivity index (χ3n) is 3.12. The molecule has 0 saturated carbocycles. The van der Waals surface area contributed by atoms with Crippen molar-refractivity contribution in [2.75, 3.05) is 0 Å². The molecule has 0 radical (unpaired) electrons. The van der Waals surface area contributed by atoms with Crippen LogP contribution >= 0.6 is 7.60 Å². The molecule has 0 amide bonds. The van der Waals surface area contributed by atoms with Gasteiger partial charge in [0.05, 0.1) is 11.7 Å². The summed E-state index contributed by atoms with van der Waals surface area (Å²) in [6, 6.07) is 4.43. The lowest BCUT2D eigenvalue weighted by molar-refractivity contribution is 0.0910. The van der Waals surface area contributed by atoms with Gasteiger partial charge in [0.15, 0.2) is 5.78 Å². The zero-order valence-electron chi connectivity index (χ0n) is 11.0. The van der Waals surface area contributed by atoms with Gasteiger partial charge in [-0.25, -0.2) is 0 Å². The largest absolute Gasteiger partial charge is 0.507 e. The van der Waals surface area contributed by atoms with E-state index >= 15 is 0 Å². The molecule has 1 rings (SSSR count). The second kappa shape index (κ2) is 6.33. The molecule has 0 aliphatic carbocycles. The van der Waals surface area contributed by atoms with E-state index in [9.17, 15) is 14.5 Å². The van der Waals surface area contributed by atoms with Gasteiger partial charge in [0.25, 0.3) is 0 Å². The average Bonchev–Trinajstić information content (AvgIpc) is 2.31. The molecule has 0 heterocycles. The van der Waals surface area contributed by atoms with Crippen molar-refractivity contribution in [2.45, 2.75) is 32.9 Å². The van der Waals surface area contributed by atoms with Crippen molar-refractivity contribution < 1.29 is 24.3 Å². The van der Waals surface area contributed by atoms with Crippen LogP contribution in [0.25, 0.3) is 0 Å². The molecule has 1 aromatic carbocycles. The van der Waals surface area contributed by atoms with Crippen LogP contribution < -0.4 is 0 Å². The molecular formula is C13H19O5P. The Morgan fingerprint density at radius 3 is 2.32 bits per heavy atom. The van der Waals surface area contributed by atoms with E-state index < -0.39 is 13.8 Å². The summed E-state index contributed by atoms with van der Waals surface area (Å²) in [6.07, 6.45) is 0.762. The number of Topliss-reactive ketones (excluding diaryl/α,β-unsaturated/α-hetero) is 1. The van der Waals surface area contributed by atoms with E-state index in [-0.39, 0.29) is 28.6 Å². The molecule has 5 nitrogen and oxygen atoms in total. The number of para-hydroxylation sites is 1.